The normalized spacial score (nSPS) is 13.4. The van der Waals surface area contributed by atoms with E-state index in [9.17, 15) is 0 Å². The largest absolute Gasteiger partial charge is 0.411 e. The van der Waals surface area contributed by atoms with E-state index in [4.69, 9.17) is 4.43 Å². The third kappa shape index (κ3) is 11.7. The molecule has 20 heavy (non-hydrogen) atoms. The number of hydrogen-bond donors (Lipinski definition) is 0. The van der Waals surface area contributed by atoms with Crippen molar-refractivity contribution in [1.29, 1.82) is 0 Å². The van der Waals surface area contributed by atoms with Crippen LogP contribution in [0.1, 0.15) is 84.5 Å². The van der Waals surface area contributed by atoms with Crippen molar-refractivity contribution in [3.63, 3.8) is 0 Å². The first-order valence-electron chi connectivity index (χ1n) is 8.87. The standard InChI is InChI=1S/C18H38OSi/c1-6-9-11-13-15-17-18(16-14-12-10-7-2)19-20(4,5)8-3/h8,18H,3,6-7,9-17H2,1-2,4-5H3. The molecular formula is C18H38OSi. The Morgan fingerprint density at radius 1 is 0.850 bits per heavy atom. The third-order valence-corrected chi connectivity index (χ3v) is 5.90. The molecule has 0 fully saturated rings. The molecule has 1 unspecified atom stereocenters. The Morgan fingerprint density at radius 3 is 1.75 bits per heavy atom. The van der Waals surface area contributed by atoms with Crippen molar-refractivity contribution in [2.45, 2.75) is 104 Å². The van der Waals surface area contributed by atoms with Crippen LogP contribution in [0.4, 0.5) is 0 Å². The first-order valence-corrected chi connectivity index (χ1v) is 11.9. The predicted molar refractivity (Wildman–Crippen MR) is 94.7 cm³/mol. The summed E-state index contributed by atoms with van der Waals surface area (Å²) < 4.78 is 6.39. The molecule has 1 nitrogen and oxygen atoms in total. The van der Waals surface area contributed by atoms with Crippen molar-refractivity contribution in [2.75, 3.05) is 0 Å². The van der Waals surface area contributed by atoms with Crippen LogP contribution in [0, 0.1) is 0 Å². The fraction of sp³-hybridized carbons (Fsp3) is 0.889. The second-order valence-corrected chi connectivity index (χ2v) is 10.5. The fourth-order valence-corrected chi connectivity index (χ4v) is 3.71. The van der Waals surface area contributed by atoms with Crippen LogP contribution in [-0.4, -0.2) is 14.4 Å². The summed E-state index contributed by atoms with van der Waals surface area (Å²) >= 11 is 0. The van der Waals surface area contributed by atoms with Gasteiger partial charge in [-0.25, -0.2) is 0 Å². The third-order valence-electron chi connectivity index (χ3n) is 3.97. The Bertz CT molecular complexity index is 225. The molecule has 2 heteroatoms. The minimum atomic E-state index is -1.62. The summed E-state index contributed by atoms with van der Waals surface area (Å²) in [6, 6.07) is 0. The molecule has 0 saturated heterocycles. The Hall–Kier alpha value is -0.0831. The molecular weight excluding hydrogens is 260 g/mol. The Balaban J connectivity index is 4.00. The monoisotopic (exact) mass is 298 g/mol. The summed E-state index contributed by atoms with van der Waals surface area (Å²) in [6.45, 7) is 13.0. The molecule has 0 heterocycles. The van der Waals surface area contributed by atoms with E-state index in [1.165, 1.54) is 70.6 Å². The summed E-state index contributed by atoms with van der Waals surface area (Å²) in [4.78, 5) is 0. The molecule has 0 aliphatic heterocycles. The van der Waals surface area contributed by atoms with Crippen molar-refractivity contribution in [1.82, 2.24) is 0 Å². The van der Waals surface area contributed by atoms with E-state index in [1.807, 2.05) is 0 Å². The van der Waals surface area contributed by atoms with Gasteiger partial charge in [0.1, 0.15) is 0 Å². The van der Waals surface area contributed by atoms with Crippen LogP contribution in [0.5, 0.6) is 0 Å². The second kappa shape index (κ2) is 12.6. The van der Waals surface area contributed by atoms with Gasteiger partial charge < -0.3 is 4.43 Å². The lowest BCUT2D eigenvalue weighted by Gasteiger charge is -2.27. The van der Waals surface area contributed by atoms with E-state index >= 15 is 0 Å². The Morgan fingerprint density at radius 2 is 1.30 bits per heavy atom. The number of rotatable bonds is 14. The lowest BCUT2D eigenvalue weighted by molar-refractivity contribution is 0.167. The average Bonchev–Trinajstić information content (AvgIpc) is 2.42. The van der Waals surface area contributed by atoms with E-state index in [2.05, 4.69) is 39.2 Å². The van der Waals surface area contributed by atoms with Crippen molar-refractivity contribution < 1.29 is 4.43 Å². The molecule has 0 aromatic rings. The average molecular weight is 299 g/mol. The van der Waals surface area contributed by atoms with Crippen LogP contribution in [0.2, 0.25) is 13.1 Å². The van der Waals surface area contributed by atoms with Crippen LogP contribution < -0.4 is 0 Å². The summed E-state index contributed by atoms with van der Waals surface area (Å²) in [6.07, 6.45) is 15.2. The van der Waals surface area contributed by atoms with Crippen LogP contribution in [0.3, 0.4) is 0 Å². The Kier molecular flexibility index (Phi) is 12.6. The van der Waals surface area contributed by atoms with Crippen molar-refractivity contribution >= 4 is 8.32 Å². The minimum absolute atomic E-state index is 0.480. The van der Waals surface area contributed by atoms with Crippen LogP contribution in [0.25, 0.3) is 0 Å². The molecule has 0 aromatic heterocycles. The van der Waals surface area contributed by atoms with Gasteiger partial charge in [0.15, 0.2) is 0 Å². The highest BCUT2D eigenvalue weighted by Gasteiger charge is 2.22. The summed E-state index contributed by atoms with van der Waals surface area (Å²) in [5.74, 6) is 0. The first-order chi connectivity index (χ1) is 9.55. The highest BCUT2D eigenvalue weighted by atomic mass is 28.4. The quantitative estimate of drug-likeness (QED) is 0.258. The zero-order valence-electron chi connectivity index (χ0n) is 14.5. The molecule has 0 saturated carbocycles. The van der Waals surface area contributed by atoms with Crippen LogP contribution in [-0.2, 0) is 4.43 Å². The maximum absolute atomic E-state index is 6.39. The van der Waals surface area contributed by atoms with Gasteiger partial charge in [0.25, 0.3) is 0 Å². The van der Waals surface area contributed by atoms with E-state index in [-0.39, 0.29) is 0 Å². The van der Waals surface area contributed by atoms with Crippen molar-refractivity contribution in [2.24, 2.45) is 0 Å². The van der Waals surface area contributed by atoms with Crippen molar-refractivity contribution in [3.05, 3.63) is 12.3 Å². The highest BCUT2D eigenvalue weighted by molar-refractivity contribution is 6.76. The molecule has 0 radical (unpaired) electrons. The Labute approximate surface area is 129 Å². The van der Waals surface area contributed by atoms with Gasteiger partial charge in [0.05, 0.1) is 0 Å². The summed E-state index contributed by atoms with van der Waals surface area (Å²) in [5.41, 5.74) is 2.07. The molecule has 0 aliphatic rings. The van der Waals surface area contributed by atoms with Gasteiger partial charge in [-0.3, -0.25) is 0 Å². The van der Waals surface area contributed by atoms with Crippen LogP contribution >= 0.6 is 0 Å². The molecule has 0 spiro atoms. The van der Waals surface area contributed by atoms with Gasteiger partial charge in [-0.1, -0.05) is 77.3 Å². The zero-order chi connectivity index (χ0) is 15.3. The van der Waals surface area contributed by atoms with Gasteiger partial charge in [-0.05, 0) is 25.9 Å². The highest BCUT2D eigenvalue weighted by Crippen LogP contribution is 2.20. The minimum Gasteiger partial charge on any atom is -0.411 e. The van der Waals surface area contributed by atoms with E-state index in [1.54, 1.807) is 0 Å². The predicted octanol–water partition coefficient (Wildman–Crippen LogP) is 6.63. The van der Waals surface area contributed by atoms with Gasteiger partial charge in [0, 0.05) is 6.10 Å². The smallest absolute Gasteiger partial charge is 0.210 e. The fourth-order valence-electron chi connectivity index (χ4n) is 2.51. The molecule has 120 valence electrons. The maximum Gasteiger partial charge on any atom is 0.210 e. The number of unbranched alkanes of at least 4 members (excludes halogenated alkanes) is 7. The maximum atomic E-state index is 6.39. The van der Waals surface area contributed by atoms with Gasteiger partial charge >= 0.3 is 0 Å². The molecule has 1 atom stereocenters. The lowest BCUT2D eigenvalue weighted by Crippen LogP contribution is -2.33. The summed E-state index contributed by atoms with van der Waals surface area (Å²) in [7, 11) is -1.62. The van der Waals surface area contributed by atoms with Gasteiger partial charge in [-0.2, -0.15) is 0 Å². The second-order valence-electron chi connectivity index (χ2n) is 6.60. The SMILES string of the molecule is C=C[Si](C)(C)OC(CCCCCC)CCCCCCC. The lowest BCUT2D eigenvalue weighted by atomic mass is 10.0. The molecule has 0 bridgehead atoms. The molecule has 0 N–H and O–H groups in total. The van der Waals surface area contributed by atoms with Gasteiger partial charge in [0.2, 0.25) is 8.32 Å². The molecule has 0 aromatic carbocycles. The summed E-state index contributed by atoms with van der Waals surface area (Å²) in [5, 5.41) is 0. The van der Waals surface area contributed by atoms with E-state index < -0.39 is 8.32 Å². The zero-order valence-corrected chi connectivity index (χ0v) is 15.5. The molecule has 0 amide bonds. The first kappa shape index (κ1) is 19.9. The van der Waals surface area contributed by atoms with Crippen molar-refractivity contribution in [3.8, 4) is 0 Å². The van der Waals surface area contributed by atoms with E-state index in [0.717, 1.165) is 0 Å². The van der Waals surface area contributed by atoms with Gasteiger partial charge in [-0.15, -0.1) is 6.58 Å². The van der Waals surface area contributed by atoms with E-state index in [0.29, 0.717) is 6.10 Å². The molecule has 0 aliphatic carbocycles. The number of hydrogen-bond acceptors (Lipinski definition) is 1. The molecule has 0 rings (SSSR count). The topological polar surface area (TPSA) is 9.23 Å². The van der Waals surface area contributed by atoms with Crippen LogP contribution in [0.15, 0.2) is 12.3 Å².